The van der Waals surface area contributed by atoms with Crippen LogP contribution in [0.25, 0.3) is 0 Å². The average molecular weight is 246 g/mol. The molecule has 1 aromatic rings. The molecule has 1 aliphatic rings. The molecule has 0 aliphatic heterocycles. The Morgan fingerprint density at radius 3 is 2.56 bits per heavy atom. The van der Waals surface area contributed by atoms with E-state index in [-0.39, 0.29) is 0 Å². The largest absolute Gasteiger partial charge is 0.319 e. The molecule has 0 unspecified atom stereocenters. The first-order chi connectivity index (χ1) is 8.65. The Morgan fingerprint density at radius 2 is 1.94 bits per heavy atom. The van der Waals surface area contributed by atoms with Crippen LogP contribution in [0.3, 0.4) is 0 Å². The van der Waals surface area contributed by atoms with Gasteiger partial charge in [0.2, 0.25) is 0 Å². The summed E-state index contributed by atoms with van der Waals surface area (Å²) >= 11 is 0. The minimum atomic E-state index is 0.520. The molecule has 0 radical (unpaired) electrons. The van der Waals surface area contributed by atoms with Gasteiger partial charge in [0.1, 0.15) is 0 Å². The van der Waals surface area contributed by atoms with Crippen LogP contribution >= 0.6 is 0 Å². The number of nitrogens with one attached hydrogen (secondary N) is 2. The molecule has 2 heteroatoms. The smallest absolute Gasteiger partial charge is 0.0208 e. The van der Waals surface area contributed by atoms with E-state index < -0.39 is 0 Å². The molecule has 1 saturated carbocycles. The SMILES string of the molecule is CNCC1(CNCc2cc(C)ccc2C)CCC1. The van der Waals surface area contributed by atoms with Crippen LogP contribution < -0.4 is 10.6 Å². The maximum absolute atomic E-state index is 3.66. The molecule has 2 nitrogen and oxygen atoms in total. The van der Waals surface area contributed by atoms with Gasteiger partial charge in [0, 0.05) is 19.6 Å². The van der Waals surface area contributed by atoms with Crippen molar-refractivity contribution in [3.05, 3.63) is 34.9 Å². The zero-order valence-corrected chi connectivity index (χ0v) is 12.0. The molecule has 100 valence electrons. The highest BCUT2D eigenvalue weighted by Gasteiger charge is 2.35. The van der Waals surface area contributed by atoms with E-state index >= 15 is 0 Å². The number of hydrogen-bond donors (Lipinski definition) is 2. The minimum absolute atomic E-state index is 0.520. The van der Waals surface area contributed by atoms with Gasteiger partial charge >= 0.3 is 0 Å². The van der Waals surface area contributed by atoms with Crippen molar-refractivity contribution >= 4 is 0 Å². The van der Waals surface area contributed by atoms with E-state index in [1.54, 1.807) is 0 Å². The van der Waals surface area contributed by atoms with Gasteiger partial charge < -0.3 is 10.6 Å². The van der Waals surface area contributed by atoms with Crippen LogP contribution in [0.2, 0.25) is 0 Å². The van der Waals surface area contributed by atoms with E-state index in [0.717, 1.165) is 19.6 Å². The normalized spacial score (nSPS) is 17.5. The fourth-order valence-corrected chi connectivity index (χ4v) is 2.92. The average Bonchev–Trinajstić information content (AvgIpc) is 2.30. The maximum atomic E-state index is 3.66. The molecule has 0 aromatic heterocycles. The molecule has 0 bridgehead atoms. The topological polar surface area (TPSA) is 24.1 Å². The summed E-state index contributed by atoms with van der Waals surface area (Å²) in [5.74, 6) is 0. The van der Waals surface area contributed by atoms with Crippen LogP contribution in [0, 0.1) is 19.3 Å². The first kappa shape index (κ1) is 13.6. The first-order valence-electron chi connectivity index (χ1n) is 7.07. The molecule has 1 aromatic carbocycles. The monoisotopic (exact) mass is 246 g/mol. The predicted molar refractivity (Wildman–Crippen MR) is 77.8 cm³/mol. The van der Waals surface area contributed by atoms with Crippen molar-refractivity contribution in [1.82, 2.24) is 10.6 Å². The Hall–Kier alpha value is -0.860. The zero-order valence-electron chi connectivity index (χ0n) is 12.0. The van der Waals surface area contributed by atoms with Crippen LogP contribution in [0.4, 0.5) is 0 Å². The second-order valence-electron chi connectivity index (χ2n) is 5.92. The first-order valence-corrected chi connectivity index (χ1v) is 7.07. The summed E-state index contributed by atoms with van der Waals surface area (Å²) in [6.07, 6.45) is 4.13. The molecule has 18 heavy (non-hydrogen) atoms. The third-order valence-corrected chi connectivity index (χ3v) is 4.29. The lowest BCUT2D eigenvalue weighted by atomic mass is 9.68. The van der Waals surface area contributed by atoms with Crippen LogP contribution in [-0.2, 0) is 6.54 Å². The molecule has 1 fully saturated rings. The molecule has 1 aliphatic carbocycles. The van der Waals surface area contributed by atoms with E-state index in [1.165, 1.54) is 36.0 Å². The highest BCUT2D eigenvalue weighted by atomic mass is 14.9. The molecular formula is C16H26N2. The lowest BCUT2D eigenvalue weighted by molar-refractivity contribution is 0.130. The van der Waals surface area contributed by atoms with Crippen LogP contribution in [0.5, 0.6) is 0 Å². The van der Waals surface area contributed by atoms with Gasteiger partial charge in [0.05, 0.1) is 0 Å². The Kier molecular flexibility index (Phi) is 4.41. The molecular weight excluding hydrogens is 220 g/mol. The summed E-state index contributed by atoms with van der Waals surface area (Å²) in [7, 11) is 2.06. The highest BCUT2D eigenvalue weighted by Crippen LogP contribution is 2.39. The molecule has 0 amide bonds. The fraction of sp³-hybridized carbons (Fsp3) is 0.625. The summed E-state index contributed by atoms with van der Waals surface area (Å²) < 4.78 is 0. The van der Waals surface area contributed by atoms with E-state index in [1.807, 2.05) is 0 Å². The molecule has 0 atom stereocenters. The Balaban J connectivity index is 1.86. The standard InChI is InChI=1S/C16H26N2/c1-13-5-6-14(2)15(9-13)10-18-12-16(11-17-3)7-4-8-16/h5-6,9,17-18H,4,7-8,10-12H2,1-3H3. The fourth-order valence-electron chi connectivity index (χ4n) is 2.92. The summed E-state index contributed by atoms with van der Waals surface area (Å²) in [5, 5.41) is 7.00. The summed E-state index contributed by atoms with van der Waals surface area (Å²) in [6, 6.07) is 6.71. The minimum Gasteiger partial charge on any atom is -0.319 e. The van der Waals surface area contributed by atoms with Crippen molar-refractivity contribution in [1.29, 1.82) is 0 Å². The van der Waals surface area contributed by atoms with Crippen molar-refractivity contribution < 1.29 is 0 Å². The summed E-state index contributed by atoms with van der Waals surface area (Å²) in [4.78, 5) is 0. The van der Waals surface area contributed by atoms with Gasteiger partial charge in [-0.25, -0.2) is 0 Å². The molecule has 0 spiro atoms. The maximum Gasteiger partial charge on any atom is 0.0208 e. The van der Waals surface area contributed by atoms with E-state index in [0.29, 0.717) is 5.41 Å². The van der Waals surface area contributed by atoms with Gasteiger partial charge in [-0.1, -0.05) is 30.2 Å². The molecule has 2 rings (SSSR count). The van der Waals surface area contributed by atoms with Gasteiger partial charge in [-0.15, -0.1) is 0 Å². The van der Waals surface area contributed by atoms with Gasteiger partial charge in [0.25, 0.3) is 0 Å². The van der Waals surface area contributed by atoms with E-state index in [4.69, 9.17) is 0 Å². The number of hydrogen-bond acceptors (Lipinski definition) is 2. The van der Waals surface area contributed by atoms with E-state index in [9.17, 15) is 0 Å². The Labute approximate surface area is 111 Å². The quantitative estimate of drug-likeness (QED) is 0.806. The van der Waals surface area contributed by atoms with Crippen molar-refractivity contribution in [2.45, 2.75) is 39.7 Å². The van der Waals surface area contributed by atoms with Gasteiger partial charge in [-0.2, -0.15) is 0 Å². The van der Waals surface area contributed by atoms with Crippen molar-refractivity contribution in [2.24, 2.45) is 5.41 Å². The highest BCUT2D eigenvalue weighted by molar-refractivity contribution is 5.30. The lowest BCUT2D eigenvalue weighted by Gasteiger charge is -2.42. The van der Waals surface area contributed by atoms with Gasteiger partial charge in [-0.05, 0) is 50.3 Å². The Bertz CT molecular complexity index is 394. The zero-order chi connectivity index (χ0) is 13.0. The third kappa shape index (κ3) is 3.12. The lowest BCUT2D eigenvalue weighted by Crippen LogP contribution is -2.46. The van der Waals surface area contributed by atoms with Crippen molar-refractivity contribution in [3.8, 4) is 0 Å². The molecule has 2 N–H and O–H groups in total. The van der Waals surface area contributed by atoms with Crippen molar-refractivity contribution in [2.75, 3.05) is 20.1 Å². The van der Waals surface area contributed by atoms with E-state index in [2.05, 4.69) is 49.7 Å². The molecule has 0 saturated heterocycles. The third-order valence-electron chi connectivity index (χ3n) is 4.29. The summed E-state index contributed by atoms with van der Waals surface area (Å²) in [5.41, 5.74) is 4.70. The predicted octanol–water partition coefficient (Wildman–Crippen LogP) is 2.78. The number of aryl methyl sites for hydroxylation is 2. The van der Waals surface area contributed by atoms with Crippen LogP contribution in [0.15, 0.2) is 18.2 Å². The Morgan fingerprint density at radius 1 is 1.17 bits per heavy atom. The molecule has 0 heterocycles. The van der Waals surface area contributed by atoms with Crippen LogP contribution in [-0.4, -0.2) is 20.1 Å². The van der Waals surface area contributed by atoms with Crippen LogP contribution in [0.1, 0.15) is 36.0 Å². The summed E-state index contributed by atoms with van der Waals surface area (Å²) in [6.45, 7) is 7.65. The second-order valence-corrected chi connectivity index (χ2v) is 5.92. The van der Waals surface area contributed by atoms with Gasteiger partial charge in [0.15, 0.2) is 0 Å². The second kappa shape index (κ2) is 5.85. The van der Waals surface area contributed by atoms with Gasteiger partial charge in [-0.3, -0.25) is 0 Å². The number of benzene rings is 1. The number of rotatable bonds is 6. The van der Waals surface area contributed by atoms with Crippen molar-refractivity contribution in [3.63, 3.8) is 0 Å².